The molecule has 0 aliphatic carbocycles. The molecule has 0 aromatic heterocycles. The van der Waals surface area contributed by atoms with Crippen molar-refractivity contribution in [3.05, 3.63) is 29.6 Å². The summed E-state index contributed by atoms with van der Waals surface area (Å²) in [4.78, 5) is 0.0402. The Morgan fingerprint density at radius 2 is 1.90 bits per heavy atom. The number of sulfonamides is 1. The van der Waals surface area contributed by atoms with Crippen LogP contribution in [-0.2, 0) is 16.6 Å². The molecule has 1 rings (SSSR count). The molecule has 6 heteroatoms. The number of rotatable bonds is 7. The summed E-state index contributed by atoms with van der Waals surface area (Å²) >= 11 is 0. The van der Waals surface area contributed by atoms with E-state index in [2.05, 4.69) is 5.32 Å². The zero-order valence-electron chi connectivity index (χ0n) is 13.4. The molecule has 0 saturated carbocycles. The quantitative estimate of drug-likeness (QED) is 0.841. The minimum absolute atomic E-state index is 0.0402. The molecule has 1 atom stereocenters. The maximum atomic E-state index is 13.5. The SMILES string of the molecule is CCC(C)N(C)S(=O)(=O)c1cc(F)ccc1CNC(C)C. The van der Waals surface area contributed by atoms with E-state index in [0.717, 1.165) is 6.07 Å². The average molecular weight is 316 g/mol. The second-order valence-electron chi connectivity index (χ2n) is 5.57. The molecule has 0 aliphatic rings. The van der Waals surface area contributed by atoms with E-state index in [0.29, 0.717) is 18.5 Å². The van der Waals surface area contributed by atoms with Crippen molar-refractivity contribution in [3.8, 4) is 0 Å². The van der Waals surface area contributed by atoms with Gasteiger partial charge in [0.2, 0.25) is 10.0 Å². The van der Waals surface area contributed by atoms with Gasteiger partial charge in [0.1, 0.15) is 5.82 Å². The van der Waals surface area contributed by atoms with Gasteiger partial charge in [-0.1, -0.05) is 26.8 Å². The number of hydrogen-bond donors (Lipinski definition) is 1. The van der Waals surface area contributed by atoms with E-state index in [9.17, 15) is 12.8 Å². The fourth-order valence-corrected chi connectivity index (χ4v) is 3.54. The molecule has 1 N–H and O–H groups in total. The number of benzene rings is 1. The normalized spacial score (nSPS) is 13.9. The molecular formula is C15H25FN2O2S. The summed E-state index contributed by atoms with van der Waals surface area (Å²) in [6, 6.07) is 4.01. The summed E-state index contributed by atoms with van der Waals surface area (Å²) in [7, 11) is -2.16. The standard InChI is InChI=1S/C15H25FN2O2S/c1-6-12(4)18(5)21(19,20)15-9-14(16)8-7-13(15)10-17-11(2)3/h7-9,11-12,17H,6,10H2,1-5H3. The van der Waals surface area contributed by atoms with Crippen LogP contribution < -0.4 is 5.32 Å². The monoisotopic (exact) mass is 316 g/mol. The first kappa shape index (κ1) is 18.1. The molecule has 1 aromatic carbocycles. The van der Waals surface area contributed by atoms with Crippen LogP contribution in [0.4, 0.5) is 4.39 Å². The molecule has 0 saturated heterocycles. The Morgan fingerprint density at radius 3 is 2.43 bits per heavy atom. The van der Waals surface area contributed by atoms with Crippen LogP contribution in [0.3, 0.4) is 0 Å². The maximum Gasteiger partial charge on any atom is 0.243 e. The molecule has 1 unspecified atom stereocenters. The minimum atomic E-state index is -3.70. The first-order valence-electron chi connectivity index (χ1n) is 7.20. The molecule has 4 nitrogen and oxygen atoms in total. The van der Waals surface area contributed by atoms with Crippen LogP contribution in [0, 0.1) is 5.82 Å². The minimum Gasteiger partial charge on any atom is -0.310 e. The zero-order valence-corrected chi connectivity index (χ0v) is 14.2. The molecule has 0 bridgehead atoms. The van der Waals surface area contributed by atoms with Crippen LogP contribution in [-0.4, -0.2) is 31.9 Å². The summed E-state index contributed by atoms with van der Waals surface area (Å²) in [6.45, 7) is 8.10. The second kappa shape index (κ2) is 7.33. The first-order chi connectivity index (χ1) is 9.70. The van der Waals surface area contributed by atoms with Crippen molar-refractivity contribution in [2.24, 2.45) is 0 Å². The van der Waals surface area contributed by atoms with E-state index in [1.54, 1.807) is 0 Å². The van der Waals surface area contributed by atoms with Crippen molar-refractivity contribution in [2.75, 3.05) is 7.05 Å². The first-order valence-corrected chi connectivity index (χ1v) is 8.64. The molecule has 1 aromatic rings. The number of nitrogens with zero attached hydrogens (tertiary/aromatic N) is 1. The van der Waals surface area contributed by atoms with Gasteiger partial charge in [-0.25, -0.2) is 12.8 Å². The van der Waals surface area contributed by atoms with Gasteiger partial charge in [0.25, 0.3) is 0 Å². The van der Waals surface area contributed by atoms with Crippen LogP contribution >= 0.6 is 0 Å². The van der Waals surface area contributed by atoms with E-state index in [1.807, 2.05) is 27.7 Å². The maximum absolute atomic E-state index is 13.5. The third-order valence-corrected chi connectivity index (χ3v) is 5.65. The fraction of sp³-hybridized carbons (Fsp3) is 0.600. The predicted octanol–water partition coefficient (Wildman–Crippen LogP) is 2.74. The summed E-state index contributed by atoms with van der Waals surface area (Å²) < 4.78 is 40.2. The average Bonchev–Trinajstić information content (AvgIpc) is 2.43. The summed E-state index contributed by atoms with van der Waals surface area (Å²) in [6.07, 6.45) is 0.699. The van der Waals surface area contributed by atoms with E-state index in [-0.39, 0.29) is 17.0 Å². The Balaban J connectivity index is 3.23. The lowest BCUT2D eigenvalue weighted by atomic mass is 10.2. The largest absolute Gasteiger partial charge is 0.310 e. The Labute approximate surface area is 127 Å². The Kier molecular flexibility index (Phi) is 6.31. The fourth-order valence-electron chi connectivity index (χ4n) is 1.88. The van der Waals surface area contributed by atoms with E-state index in [1.165, 1.54) is 23.5 Å². The zero-order chi connectivity index (χ0) is 16.2. The van der Waals surface area contributed by atoms with Gasteiger partial charge in [-0.3, -0.25) is 0 Å². The van der Waals surface area contributed by atoms with E-state index >= 15 is 0 Å². The van der Waals surface area contributed by atoms with Crippen molar-refractivity contribution in [3.63, 3.8) is 0 Å². The highest BCUT2D eigenvalue weighted by Crippen LogP contribution is 2.23. The Morgan fingerprint density at radius 1 is 1.29 bits per heavy atom. The topological polar surface area (TPSA) is 49.4 Å². The molecule has 0 heterocycles. The van der Waals surface area contributed by atoms with Crippen molar-refractivity contribution >= 4 is 10.0 Å². The number of halogens is 1. The van der Waals surface area contributed by atoms with Gasteiger partial charge in [-0.05, 0) is 31.0 Å². The molecule has 0 spiro atoms. The number of hydrogen-bond acceptors (Lipinski definition) is 3. The Bertz CT molecular complexity index is 573. The third kappa shape index (κ3) is 4.49. The van der Waals surface area contributed by atoms with Gasteiger partial charge in [0.05, 0.1) is 4.90 Å². The van der Waals surface area contributed by atoms with Gasteiger partial charge >= 0.3 is 0 Å². The lowest BCUT2D eigenvalue weighted by Crippen LogP contribution is -2.35. The van der Waals surface area contributed by atoms with Crippen LogP contribution in [0.5, 0.6) is 0 Å². The third-order valence-electron chi connectivity index (χ3n) is 3.60. The van der Waals surface area contributed by atoms with Crippen molar-refractivity contribution in [2.45, 2.75) is 57.6 Å². The number of nitrogens with one attached hydrogen (secondary N) is 1. The highest BCUT2D eigenvalue weighted by Gasteiger charge is 2.27. The lowest BCUT2D eigenvalue weighted by molar-refractivity contribution is 0.379. The summed E-state index contributed by atoms with van der Waals surface area (Å²) in [5, 5.41) is 3.17. The molecule has 0 aliphatic heterocycles. The molecular weight excluding hydrogens is 291 g/mol. The lowest BCUT2D eigenvalue weighted by Gasteiger charge is -2.24. The second-order valence-corrected chi connectivity index (χ2v) is 7.53. The van der Waals surface area contributed by atoms with Gasteiger partial charge in [0.15, 0.2) is 0 Å². The van der Waals surface area contributed by atoms with E-state index in [4.69, 9.17) is 0 Å². The summed E-state index contributed by atoms with van der Waals surface area (Å²) in [5.41, 5.74) is 0.584. The van der Waals surface area contributed by atoms with Gasteiger partial charge in [0, 0.05) is 25.7 Å². The molecule has 0 amide bonds. The van der Waals surface area contributed by atoms with Crippen molar-refractivity contribution < 1.29 is 12.8 Å². The van der Waals surface area contributed by atoms with Gasteiger partial charge in [-0.15, -0.1) is 0 Å². The molecule has 0 fully saturated rings. The summed E-state index contributed by atoms with van der Waals surface area (Å²) in [5.74, 6) is -0.542. The van der Waals surface area contributed by atoms with Gasteiger partial charge in [-0.2, -0.15) is 4.31 Å². The van der Waals surface area contributed by atoms with Crippen LogP contribution in [0.15, 0.2) is 23.1 Å². The Hall–Kier alpha value is -0.980. The highest BCUT2D eigenvalue weighted by atomic mass is 32.2. The molecule has 120 valence electrons. The van der Waals surface area contributed by atoms with Crippen LogP contribution in [0.1, 0.15) is 39.7 Å². The molecule has 21 heavy (non-hydrogen) atoms. The van der Waals surface area contributed by atoms with Crippen LogP contribution in [0.25, 0.3) is 0 Å². The highest BCUT2D eigenvalue weighted by molar-refractivity contribution is 7.89. The van der Waals surface area contributed by atoms with Crippen molar-refractivity contribution in [1.29, 1.82) is 0 Å². The van der Waals surface area contributed by atoms with Crippen molar-refractivity contribution in [1.82, 2.24) is 9.62 Å². The molecule has 0 radical (unpaired) electrons. The van der Waals surface area contributed by atoms with Crippen LogP contribution in [0.2, 0.25) is 0 Å². The van der Waals surface area contributed by atoms with E-state index < -0.39 is 15.8 Å². The van der Waals surface area contributed by atoms with Gasteiger partial charge < -0.3 is 5.32 Å². The smallest absolute Gasteiger partial charge is 0.243 e. The predicted molar refractivity (Wildman–Crippen MR) is 83.1 cm³/mol.